The van der Waals surface area contributed by atoms with E-state index in [0.29, 0.717) is 19.8 Å². The highest BCUT2D eigenvalue weighted by atomic mass is 32.2. The Morgan fingerprint density at radius 2 is 2.27 bits per heavy atom. The minimum absolute atomic E-state index is 0.00348. The van der Waals surface area contributed by atoms with Crippen LogP contribution in [0.2, 0.25) is 0 Å². The number of nitrogens with two attached hydrogens (primary N) is 1. The van der Waals surface area contributed by atoms with Gasteiger partial charge in [0.2, 0.25) is 5.91 Å². The second-order valence-corrected chi connectivity index (χ2v) is 4.33. The van der Waals surface area contributed by atoms with Gasteiger partial charge in [0.05, 0.1) is 12.6 Å². The molecular weight excluding hydrogens is 212 g/mol. The third kappa shape index (κ3) is 6.76. The van der Waals surface area contributed by atoms with Gasteiger partial charge < -0.3 is 15.4 Å². The summed E-state index contributed by atoms with van der Waals surface area (Å²) in [6.45, 7) is 3.81. The number of carbonyl (C=O) groups excluding carboxylic acids is 1. The zero-order valence-electron chi connectivity index (χ0n) is 9.86. The Morgan fingerprint density at radius 3 is 2.80 bits per heavy atom. The molecular formula is C10H22N2O2S. The lowest BCUT2D eigenvalue weighted by Crippen LogP contribution is -2.43. The van der Waals surface area contributed by atoms with Gasteiger partial charge in [-0.1, -0.05) is 0 Å². The molecule has 0 bridgehead atoms. The van der Waals surface area contributed by atoms with Crippen molar-refractivity contribution in [3.8, 4) is 0 Å². The van der Waals surface area contributed by atoms with Gasteiger partial charge in [-0.25, -0.2) is 0 Å². The zero-order valence-corrected chi connectivity index (χ0v) is 10.7. The molecule has 0 aliphatic heterocycles. The van der Waals surface area contributed by atoms with Gasteiger partial charge in [-0.2, -0.15) is 11.8 Å². The van der Waals surface area contributed by atoms with Crippen molar-refractivity contribution >= 4 is 17.7 Å². The van der Waals surface area contributed by atoms with E-state index < -0.39 is 0 Å². The van der Waals surface area contributed by atoms with Crippen molar-refractivity contribution in [1.82, 2.24) is 4.90 Å². The molecule has 0 saturated carbocycles. The summed E-state index contributed by atoms with van der Waals surface area (Å²) in [5, 5.41) is 0. The lowest BCUT2D eigenvalue weighted by atomic mass is 10.2. The van der Waals surface area contributed by atoms with E-state index in [9.17, 15) is 4.79 Å². The molecule has 0 aliphatic carbocycles. The number of rotatable bonds is 8. The average Bonchev–Trinajstić information content (AvgIpc) is 2.24. The summed E-state index contributed by atoms with van der Waals surface area (Å²) in [5.74, 6) is 0.926. The molecule has 0 aliphatic rings. The molecule has 0 heterocycles. The van der Waals surface area contributed by atoms with E-state index in [0.717, 1.165) is 12.2 Å². The van der Waals surface area contributed by atoms with Gasteiger partial charge in [-0.05, 0) is 25.4 Å². The lowest BCUT2D eigenvalue weighted by Gasteiger charge is -2.20. The first-order valence-corrected chi connectivity index (χ1v) is 6.60. The van der Waals surface area contributed by atoms with E-state index in [1.807, 2.05) is 13.2 Å². The molecule has 0 unspecified atom stereocenters. The fraction of sp³-hybridized carbons (Fsp3) is 0.900. The molecule has 1 amide bonds. The Morgan fingerprint density at radius 1 is 1.60 bits per heavy atom. The van der Waals surface area contributed by atoms with Gasteiger partial charge in [0, 0.05) is 20.2 Å². The molecule has 0 rings (SSSR count). The highest BCUT2D eigenvalue weighted by Crippen LogP contribution is 2.01. The molecule has 15 heavy (non-hydrogen) atoms. The first-order valence-electron chi connectivity index (χ1n) is 5.20. The average molecular weight is 234 g/mol. The third-order valence-corrected chi connectivity index (χ3v) is 2.75. The number of ether oxygens (including phenoxy) is 1. The summed E-state index contributed by atoms with van der Waals surface area (Å²) < 4.78 is 5.18. The second-order valence-electron chi connectivity index (χ2n) is 3.34. The van der Waals surface area contributed by atoms with Crippen molar-refractivity contribution in [3.63, 3.8) is 0 Å². The molecule has 0 radical (unpaired) electrons. The fourth-order valence-electron chi connectivity index (χ4n) is 1.11. The van der Waals surface area contributed by atoms with Crippen LogP contribution in [0.5, 0.6) is 0 Å². The van der Waals surface area contributed by atoms with Crippen LogP contribution in [-0.2, 0) is 9.53 Å². The van der Waals surface area contributed by atoms with Gasteiger partial charge >= 0.3 is 0 Å². The Bertz CT molecular complexity index is 179. The van der Waals surface area contributed by atoms with E-state index >= 15 is 0 Å². The topological polar surface area (TPSA) is 55.6 Å². The van der Waals surface area contributed by atoms with Crippen LogP contribution in [0.1, 0.15) is 13.3 Å². The number of likely N-dealkylation sites (N-methyl/N-ethyl adjacent to an activating group) is 1. The molecule has 0 aromatic carbocycles. The van der Waals surface area contributed by atoms with E-state index in [1.165, 1.54) is 0 Å². The summed E-state index contributed by atoms with van der Waals surface area (Å²) in [6.07, 6.45) is 2.75. The Balaban J connectivity index is 3.75. The first kappa shape index (κ1) is 14.7. The minimum Gasteiger partial charge on any atom is -0.380 e. The predicted octanol–water partition coefficient (Wildman–Crippen LogP) is 0.562. The van der Waals surface area contributed by atoms with Crippen molar-refractivity contribution in [2.45, 2.75) is 19.4 Å². The Kier molecular flexibility index (Phi) is 8.85. The summed E-state index contributed by atoms with van der Waals surface area (Å²) in [6, 6.07) is -0.371. The monoisotopic (exact) mass is 234 g/mol. The van der Waals surface area contributed by atoms with Crippen molar-refractivity contribution in [1.29, 1.82) is 0 Å². The van der Waals surface area contributed by atoms with Crippen molar-refractivity contribution in [2.24, 2.45) is 5.73 Å². The molecule has 5 heteroatoms. The molecule has 0 aromatic rings. The maximum atomic E-state index is 11.7. The van der Waals surface area contributed by atoms with E-state index in [2.05, 4.69) is 0 Å². The van der Waals surface area contributed by atoms with Crippen LogP contribution in [-0.4, -0.2) is 55.7 Å². The SMILES string of the molecule is CCOCCN(C)C(=O)[C@H](N)CCSC. The summed E-state index contributed by atoms with van der Waals surface area (Å²) in [4.78, 5) is 13.3. The van der Waals surface area contributed by atoms with Crippen LogP contribution < -0.4 is 5.73 Å². The highest BCUT2D eigenvalue weighted by molar-refractivity contribution is 7.98. The van der Waals surface area contributed by atoms with Crippen molar-refractivity contribution in [2.75, 3.05) is 38.8 Å². The van der Waals surface area contributed by atoms with Crippen LogP contribution in [0, 0.1) is 0 Å². The Hall–Kier alpha value is -0.260. The van der Waals surface area contributed by atoms with Gasteiger partial charge in [0.1, 0.15) is 0 Å². The standard InChI is InChI=1S/C10H22N2O2S/c1-4-14-7-6-12(2)10(13)9(11)5-8-15-3/h9H,4-8,11H2,1-3H3/t9-/m1/s1. The second kappa shape index (κ2) is 9.00. The molecule has 0 aromatic heterocycles. The quantitative estimate of drug-likeness (QED) is 0.624. The van der Waals surface area contributed by atoms with Crippen LogP contribution in [0.3, 0.4) is 0 Å². The van der Waals surface area contributed by atoms with Crippen LogP contribution in [0.4, 0.5) is 0 Å². The molecule has 4 nitrogen and oxygen atoms in total. The first-order chi connectivity index (χ1) is 7.13. The fourth-order valence-corrected chi connectivity index (χ4v) is 1.60. The van der Waals surface area contributed by atoms with Gasteiger partial charge in [-0.15, -0.1) is 0 Å². The van der Waals surface area contributed by atoms with Gasteiger partial charge in [0.15, 0.2) is 0 Å². The van der Waals surface area contributed by atoms with Crippen LogP contribution >= 0.6 is 11.8 Å². The summed E-state index contributed by atoms with van der Waals surface area (Å²) in [5.41, 5.74) is 5.76. The van der Waals surface area contributed by atoms with Crippen LogP contribution in [0.25, 0.3) is 0 Å². The molecule has 90 valence electrons. The molecule has 0 saturated heterocycles. The Labute approximate surface area is 96.5 Å². The molecule has 1 atom stereocenters. The van der Waals surface area contributed by atoms with Gasteiger partial charge in [-0.3, -0.25) is 4.79 Å². The van der Waals surface area contributed by atoms with Crippen molar-refractivity contribution < 1.29 is 9.53 Å². The number of carbonyl (C=O) groups is 1. The van der Waals surface area contributed by atoms with E-state index in [1.54, 1.807) is 23.7 Å². The molecule has 2 N–H and O–H groups in total. The van der Waals surface area contributed by atoms with Crippen molar-refractivity contribution in [3.05, 3.63) is 0 Å². The summed E-state index contributed by atoms with van der Waals surface area (Å²) >= 11 is 1.71. The largest absolute Gasteiger partial charge is 0.380 e. The maximum absolute atomic E-state index is 11.7. The highest BCUT2D eigenvalue weighted by Gasteiger charge is 2.16. The van der Waals surface area contributed by atoms with Crippen LogP contribution in [0.15, 0.2) is 0 Å². The lowest BCUT2D eigenvalue weighted by molar-refractivity contribution is -0.131. The number of amides is 1. The smallest absolute Gasteiger partial charge is 0.239 e. The normalized spacial score (nSPS) is 12.5. The predicted molar refractivity (Wildman–Crippen MR) is 65.1 cm³/mol. The molecule has 0 fully saturated rings. The van der Waals surface area contributed by atoms with E-state index in [4.69, 9.17) is 10.5 Å². The number of hydrogen-bond acceptors (Lipinski definition) is 4. The number of hydrogen-bond donors (Lipinski definition) is 1. The number of nitrogens with zero attached hydrogens (tertiary/aromatic N) is 1. The minimum atomic E-state index is -0.371. The maximum Gasteiger partial charge on any atom is 0.239 e. The number of thioether (sulfide) groups is 1. The van der Waals surface area contributed by atoms with E-state index in [-0.39, 0.29) is 11.9 Å². The summed E-state index contributed by atoms with van der Waals surface area (Å²) in [7, 11) is 1.76. The molecule has 0 spiro atoms. The zero-order chi connectivity index (χ0) is 11.7. The van der Waals surface area contributed by atoms with Gasteiger partial charge in [0.25, 0.3) is 0 Å². The third-order valence-electron chi connectivity index (χ3n) is 2.10.